The van der Waals surface area contributed by atoms with Gasteiger partial charge in [0.25, 0.3) is 21.9 Å². The smallest absolute Gasteiger partial charge is 0.312 e. The van der Waals surface area contributed by atoms with Gasteiger partial charge in [0, 0.05) is 43.8 Å². The average molecular weight is 807 g/mol. The number of amides is 7. The number of nitrogens with zero attached hydrogens (tertiary/aromatic N) is 1. The Balaban J connectivity index is 2.09. The van der Waals surface area contributed by atoms with Gasteiger partial charge in [0.2, 0.25) is 17.7 Å². The highest BCUT2D eigenvalue weighted by Crippen LogP contribution is 2.19. The third-order valence-corrected chi connectivity index (χ3v) is 9.37. The summed E-state index contributed by atoms with van der Waals surface area (Å²) < 4.78 is 38.5. The Morgan fingerprint density at radius 1 is 0.875 bits per heavy atom. The van der Waals surface area contributed by atoms with Gasteiger partial charge in [-0.05, 0) is 70.1 Å². The number of unbranched alkanes of at least 4 members (excludes halogenated alkanes) is 2. The van der Waals surface area contributed by atoms with E-state index in [1.165, 1.54) is 12.2 Å². The van der Waals surface area contributed by atoms with Crippen LogP contribution in [0, 0.1) is 17.3 Å². The zero-order valence-corrected chi connectivity index (χ0v) is 33.2. The molecule has 3 atom stereocenters. The van der Waals surface area contributed by atoms with Gasteiger partial charge in [-0.2, -0.15) is 8.42 Å². The summed E-state index contributed by atoms with van der Waals surface area (Å²) in [5, 5.41) is 10.2. The molecular formula is C37H54N6O12S. The van der Waals surface area contributed by atoms with Crippen molar-refractivity contribution < 1.29 is 56.1 Å². The van der Waals surface area contributed by atoms with Gasteiger partial charge in [0.15, 0.2) is 0 Å². The fourth-order valence-corrected chi connectivity index (χ4v) is 6.19. The van der Waals surface area contributed by atoms with Gasteiger partial charge < -0.3 is 31.7 Å². The molecule has 0 saturated carbocycles. The highest BCUT2D eigenvalue weighted by Gasteiger charge is 2.33. The van der Waals surface area contributed by atoms with Crippen LogP contribution in [0.5, 0.6) is 0 Å². The molecule has 1 heterocycles. The minimum atomic E-state index is -4.74. The number of Topliss-reactive ketones (excluding diaryl/α,β-unsaturated/α-hetero) is 1. The largest absolute Gasteiger partial charge is 0.460 e. The lowest BCUT2D eigenvalue weighted by Crippen LogP contribution is -2.55. The molecule has 0 aromatic heterocycles. The molecule has 1 aromatic carbocycles. The minimum Gasteiger partial charge on any atom is -0.460 e. The van der Waals surface area contributed by atoms with Gasteiger partial charge >= 0.3 is 12.0 Å². The van der Waals surface area contributed by atoms with E-state index in [2.05, 4.69) is 21.3 Å². The number of nitrogens with one attached hydrogen (secondary N) is 4. The molecule has 1 aliphatic rings. The van der Waals surface area contributed by atoms with Crippen molar-refractivity contribution in [2.75, 3.05) is 24.2 Å². The van der Waals surface area contributed by atoms with Crippen molar-refractivity contribution in [1.82, 2.24) is 20.9 Å². The number of carbonyl (C=O) groups excluding carboxylic acids is 8. The van der Waals surface area contributed by atoms with Crippen LogP contribution in [0.25, 0.3) is 0 Å². The first-order valence-corrected chi connectivity index (χ1v) is 19.9. The molecule has 0 saturated heterocycles. The zero-order valence-electron chi connectivity index (χ0n) is 32.4. The quantitative estimate of drug-likeness (QED) is 0.0399. The summed E-state index contributed by atoms with van der Waals surface area (Å²) in [5.41, 5.74) is 5.48. The molecule has 18 nitrogen and oxygen atoms in total. The first kappa shape index (κ1) is 47.0. The van der Waals surface area contributed by atoms with E-state index in [9.17, 15) is 51.3 Å². The van der Waals surface area contributed by atoms with E-state index in [1.54, 1.807) is 58.9 Å². The number of imide groups is 1. The maximum Gasteiger partial charge on any atom is 0.312 e. The van der Waals surface area contributed by atoms with Crippen LogP contribution in [0.4, 0.5) is 10.5 Å². The lowest BCUT2D eigenvalue weighted by molar-refractivity contribution is -0.154. The van der Waals surface area contributed by atoms with Crippen molar-refractivity contribution >= 4 is 63.1 Å². The highest BCUT2D eigenvalue weighted by molar-refractivity contribution is 7.85. The van der Waals surface area contributed by atoms with E-state index < -0.39 is 93.0 Å². The van der Waals surface area contributed by atoms with Crippen molar-refractivity contribution in [3.8, 4) is 0 Å². The van der Waals surface area contributed by atoms with E-state index in [-0.39, 0.29) is 44.9 Å². The molecule has 0 radical (unpaired) electrons. The first-order valence-electron chi connectivity index (χ1n) is 18.3. The van der Waals surface area contributed by atoms with Crippen LogP contribution in [-0.4, -0.2) is 96.1 Å². The van der Waals surface area contributed by atoms with Crippen LogP contribution in [-0.2, 0) is 55.0 Å². The normalized spacial score (nSPS) is 14.5. The summed E-state index contributed by atoms with van der Waals surface area (Å²) in [4.78, 5) is 101. The molecule has 7 amide bonds. The predicted molar refractivity (Wildman–Crippen MR) is 204 cm³/mol. The number of anilines is 1. The molecule has 1 aliphatic heterocycles. The van der Waals surface area contributed by atoms with E-state index in [4.69, 9.17) is 10.5 Å². The third-order valence-electron chi connectivity index (χ3n) is 8.55. The Labute approximate surface area is 326 Å². The van der Waals surface area contributed by atoms with Crippen molar-refractivity contribution in [3.05, 3.63) is 42.0 Å². The lowest BCUT2D eigenvalue weighted by atomic mass is 9.97. The Morgan fingerprint density at radius 3 is 2.05 bits per heavy atom. The Hall–Kier alpha value is -5.17. The second-order valence-corrected chi connectivity index (χ2v) is 16.4. The molecule has 0 aliphatic carbocycles. The zero-order chi connectivity index (χ0) is 42.2. The van der Waals surface area contributed by atoms with Gasteiger partial charge in [-0.1, -0.05) is 32.4 Å². The van der Waals surface area contributed by atoms with Crippen molar-refractivity contribution in [1.29, 1.82) is 0 Å². The van der Waals surface area contributed by atoms with Gasteiger partial charge in [-0.3, -0.25) is 43.0 Å². The van der Waals surface area contributed by atoms with Crippen LogP contribution >= 0.6 is 0 Å². The summed E-state index contributed by atoms with van der Waals surface area (Å²) in [6.07, 6.45) is 3.19. The van der Waals surface area contributed by atoms with Gasteiger partial charge in [0.1, 0.15) is 24.5 Å². The van der Waals surface area contributed by atoms with Gasteiger partial charge in [-0.15, -0.1) is 0 Å². The second kappa shape index (κ2) is 21.8. The monoisotopic (exact) mass is 806 g/mol. The molecule has 56 heavy (non-hydrogen) atoms. The van der Waals surface area contributed by atoms with Crippen LogP contribution in [0.2, 0.25) is 0 Å². The predicted octanol–water partition coefficient (Wildman–Crippen LogP) is 1.74. The standard InChI is InChI=1S/C37H54N6O12S/c1-23(2)31(42-32(47)25(22-56(52,53)54)20-27(44)10-7-6-8-19-43-29(45)16-17-30(43)46)34(49)41-28(11-9-18-39-36(38)51)33(48)40-26-14-12-24(13-15-26)21-55-35(50)37(3,4)5/h12-17,23,25,28,31H,6-11,18-22H2,1-5H3,(H,40,48)(H,41,49)(H,42,47)(H3,38,39,51)(H,52,53,54)/t25-,28-,31-/m1/s1. The molecule has 7 N–H and O–H groups in total. The maximum atomic E-state index is 13.6. The Kier molecular flexibility index (Phi) is 18.3. The summed E-state index contributed by atoms with van der Waals surface area (Å²) in [6.45, 7) is 8.65. The summed E-state index contributed by atoms with van der Waals surface area (Å²) in [7, 11) is -4.74. The van der Waals surface area contributed by atoms with Crippen LogP contribution in [0.15, 0.2) is 36.4 Å². The van der Waals surface area contributed by atoms with Gasteiger partial charge in [0.05, 0.1) is 17.1 Å². The molecule has 19 heteroatoms. The molecule has 2 rings (SSSR count). The van der Waals surface area contributed by atoms with Crippen molar-refractivity contribution in [2.45, 2.75) is 98.3 Å². The topological polar surface area (TPSA) is 278 Å². The van der Waals surface area contributed by atoms with E-state index in [1.807, 2.05) is 0 Å². The number of nitrogens with two attached hydrogens (primary N) is 1. The van der Waals surface area contributed by atoms with E-state index in [0.717, 1.165) is 4.90 Å². The first-order chi connectivity index (χ1) is 26.1. The van der Waals surface area contributed by atoms with Crippen LogP contribution < -0.4 is 27.0 Å². The summed E-state index contributed by atoms with van der Waals surface area (Å²) in [5.74, 6) is -7.34. The molecule has 1 aromatic rings. The van der Waals surface area contributed by atoms with Gasteiger partial charge in [-0.25, -0.2) is 4.79 Å². The number of ketones is 1. The number of benzene rings is 1. The number of urea groups is 1. The van der Waals surface area contributed by atoms with Crippen molar-refractivity contribution in [2.24, 2.45) is 23.0 Å². The fourth-order valence-electron chi connectivity index (χ4n) is 5.41. The lowest BCUT2D eigenvalue weighted by Gasteiger charge is -2.27. The molecular weight excluding hydrogens is 753 g/mol. The number of ether oxygens (including phenoxy) is 1. The highest BCUT2D eigenvalue weighted by atomic mass is 32.2. The average Bonchev–Trinajstić information content (AvgIpc) is 3.41. The summed E-state index contributed by atoms with van der Waals surface area (Å²) >= 11 is 0. The minimum absolute atomic E-state index is 0.0166. The molecule has 0 fully saturated rings. The SMILES string of the molecule is CC(C)[C@@H](NC(=O)[C@H](CC(=O)CCCCCN1C(=O)C=CC1=O)CS(=O)(=O)O)C(=O)N[C@H](CCCNC(N)=O)C(=O)Nc1ccc(COC(=O)C(C)(C)C)cc1. The number of esters is 1. The Bertz CT molecular complexity index is 1720. The molecule has 0 bridgehead atoms. The molecule has 0 unspecified atom stereocenters. The van der Waals surface area contributed by atoms with Crippen LogP contribution in [0.1, 0.15) is 85.1 Å². The second-order valence-electron chi connectivity index (χ2n) is 14.9. The summed E-state index contributed by atoms with van der Waals surface area (Å²) in [6, 6.07) is 3.18. The Morgan fingerprint density at radius 2 is 1.50 bits per heavy atom. The van der Waals surface area contributed by atoms with Crippen LogP contribution in [0.3, 0.4) is 0 Å². The van der Waals surface area contributed by atoms with E-state index >= 15 is 0 Å². The third kappa shape index (κ3) is 17.1. The maximum absolute atomic E-state index is 13.6. The molecule has 0 spiro atoms. The van der Waals surface area contributed by atoms with Crippen molar-refractivity contribution in [3.63, 3.8) is 0 Å². The fraction of sp³-hybridized carbons (Fsp3) is 0.568. The number of carbonyl (C=O) groups is 8. The van der Waals surface area contributed by atoms with E-state index in [0.29, 0.717) is 30.5 Å². The molecule has 310 valence electrons. The number of rotatable bonds is 23. The number of hydrogen-bond acceptors (Lipinski definition) is 11. The number of hydrogen-bond donors (Lipinski definition) is 6. The number of primary amides is 1.